The molecule has 0 radical (unpaired) electrons. The summed E-state index contributed by atoms with van der Waals surface area (Å²) >= 11 is 0. The van der Waals surface area contributed by atoms with Gasteiger partial charge in [0.15, 0.2) is 5.76 Å². The summed E-state index contributed by atoms with van der Waals surface area (Å²) in [5.41, 5.74) is 5.79. The topological polar surface area (TPSA) is 53.4 Å². The number of amides is 1. The summed E-state index contributed by atoms with van der Waals surface area (Å²) in [5, 5.41) is 10.9. The Morgan fingerprint density at radius 1 is 1.03 bits per heavy atom. The van der Waals surface area contributed by atoms with E-state index in [9.17, 15) is 9.90 Å². The third kappa shape index (κ3) is 3.73. The molecule has 4 rings (SSSR count). The summed E-state index contributed by atoms with van der Waals surface area (Å²) in [4.78, 5) is 19.0. The lowest BCUT2D eigenvalue weighted by Gasteiger charge is -2.27. The highest BCUT2D eigenvalue weighted by molar-refractivity contribution is 6.05. The molecular formula is C26H26N2O2. The highest BCUT2D eigenvalue weighted by Crippen LogP contribution is 2.43. The molecule has 1 aliphatic heterocycles. The van der Waals surface area contributed by atoms with Crippen molar-refractivity contribution in [1.29, 1.82) is 0 Å². The van der Waals surface area contributed by atoms with Gasteiger partial charge in [0, 0.05) is 24.5 Å². The SMILES string of the molecule is Cc1ccc(C2=C(O)C(=O)N(Cc3cccnc3)[C@@H]2c2ccc(C(C)C)cc2)cc1. The van der Waals surface area contributed by atoms with E-state index in [1.165, 1.54) is 5.56 Å². The molecule has 0 fully saturated rings. The minimum atomic E-state index is -0.360. The van der Waals surface area contributed by atoms with Gasteiger partial charge in [-0.3, -0.25) is 9.78 Å². The molecule has 0 unspecified atom stereocenters. The Labute approximate surface area is 177 Å². The van der Waals surface area contributed by atoms with Gasteiger partial charge in [-0.05, 0) is 41.2 Å². The molecule has 2 heterocycles. The van der Waals surface area contributed by atoms with Crippen molar-refractivity contribution < 1.29 is 9.90 Å². The standard InChI is InChI=1S/C26H26N2O2/c1-17(2)20-10-12-22(13-11-20)24-23(21-8-6-18(3)7-9-21)25(29)26(30)28(24)16-19-5-4-14-27-15-19/h4-15,17,24,29H,16H2,1-3H3/t24-/m1/s1. The number of pyridine rings is 1. The van der Waals surface area contributed by atoms with Gasteiger partial charge in [0.2, 0.25) is 0 Å². The second-order valence-corrected chi connectivity index (χ2v) is 8.15. The molecule has 1 aromatic heterocycles. The Morgan fingerprint density at radius 2 is 1.73 bits per heavy atom. The fourth-order valence-electron chi connectivity index (χ4n) is 3.94. The summed E-state index contributed by atoms with van der Waals surface area (Å²) in [6, 6.07) is 19.7. The minimum absolute atomic E-state index is 0.180. The van der Waals surface area contributed by atoms with Crippen LogP contribution in [0.25, 0.3) is 5.57 Å². The fourth-order valence-corrected chi connectivity index (χ4v) is 3.94. The van der Waals surface area contributed by atoms with Crippen molar-refractivity contribution in [3.05, 3.63) is 107 Å². The number of aliphatic hydroxyl groups is 1. The highest BCUT2D eigenvalue weighted by Gasteiger charge is 2.41. The van der Waals surface area contributed by atoms with E-state index in [1.807, 2.05) is 43.3 Å². The molecular weight excluding hydrogens is 372 g/mol. The quantitative estimate of drug-likeness (QED) is 0.612. The molecule has 30 heavy (non-hydrogen) atoms. The predicted octanol–water partition coefficient (Wildman–Crippen LogP) is 5.57. The largest absolute Gasteiger partial charge is 0.503 e. The summed E-state index contributed by atoms with van der Waals surface area (Å²) in [7, 11) is 0. The molecule has 4 nitrogen and oxygen atoms in total. The van der Waals surface area contributed by atoms with Crippen molar-refractivity contribution in [2.24, 2.45) is 0 Å². The van der Waals surface area contributed by atoms with Crippen LogP contribution in [0, 0.1) is 6.92 Å². The van der Waals surface area contributed by atoms with Crippen LogP contribution in [0.15, 0.2) is 78.8 Å². The number of carbonyl (C=O) groups excluding carboxylic acids is 1. The van der Waals surface area contributed by atoms with E-state index in [4.69, 9.17) is 0 Å². The van der Waals surface area contributed by atoms with Crippen molar-refractivity contribution in [3.63, 3.8) is 0 Å². The summed E-state index contributed by atoms with van der Waals surface area (Å²) in [5.74, 6) is -0.107. The molecule has 0 saturated heterocycles. The Bertz CT molecular complexity index is 1070. The second kappa shape index (κ2) is 8.15. The third-order valence-electron chi connectivity index (χ3n) is 5.66. The molecule has 0 aliphatic carbocycles. The molecule has 1 N–H and O–H groups in total. The van der Waals surface area contributed by atoms with Gasteiger partial charge >= 0.3 is 0 Å². The lowest BCUT2D eigenvalue weighted by atomic mass is 9.91. The number of aromatic nitrogens is 1. The Hall–Kier alpha value is -3.40. The van der Waals surface area contributed by atoms with Crippen LogP contribution < -0.4 is 0 Å². The summed E-state index contributed by atoms with van der Waals surface area (Å²) in [6.07, 6.45) is 3.47. The molecule has 2 aromatic carbocycles. The Kier molecular flexibility index (Phi) is 5.40. The Balaban J connectivity index is 1.80. The minimum Gasteiger partial charge on any atom is -0.503 e. The molecule has 0 spiro atoms. The van der Waals surface area contributed by atoms with Crippen LogP contribution in [0.3, 0.4) is 0 Å². The van der Waals surface area contributed by atoms with Gasteiger partial charge in [0.25, 0.3) is 5.91 Å². The summed E-state index contributed by atoms with van der Waals surface area (Å²) < 4.78 is 0. The van der Waals surface area contributed by atoms with Crippen LogP contribution in [0.5, 0.6) is 0 Å². The Morgan fingerprint density at radius 3 is 2.33 bits per heavy atom. The second-order valence-electron chi connectivity index (χ2n) is 8.15. The highest BCUT2D eigenvalue weighted by atomic mass is 16.3. The number of aliphatic hydroxyl groups excluding tert-OH is 1. The molecule has 1 aliphatic rings. The van der Waals surface area contributed by atoms with Crippen LogP contribution in [0.4, 0.5) is 0 Å². The molecule has 152 valence electrons. The van der Waals surface area contributed by atoms with Gasteiger partial charge in [-0.1, -0.05) is 74.0 Å². The van der Waals surface area contributed by atoms with Gasteiger partial charge in [0.05, 0.1) is 6.04 Å². The number of rotatable bonds is 5. The number of hydrogen-bond acceptors (Lipinski definition) is 3. The lowest BCUT2D eigenvalue weighted by molar-refractivity contribution is -0.130. The molecule has 3 aromatic rings. The lowest BCUT2D eigenvalue weighted by Crippen LogP contribution is -2.29. The van der Waals surface area contributed by atoms with Crippen LogP contribution >= 0.6 is 0 Å². The van der Waals surface area contributed by atoms with Gasteiger partial charge < -0.3 is 10.0 Å². The molecule has 4 heteroatoms. The van der Waals surface area contributed by atoms with Crippen LogP contribution in [-0.2, 0) is 11.3 Å². The monoisotopic (exact) mass is 398 g/mol. The van der Waals surface area contributed by atoms with Crippen molar-refractivity contribution in [1.82, 2.24) is 9.88 Å². The predicted molar refractivity (Wildman–Crippen MR) is 119 cm³/mol. The smallest absolute Gasteiger partial charge is 0.290 e. The van der Waals surface area contributed by atoms with Gasteiger partial charge in [-0.15, -0.1) is 0 Å². The van der Waals surface area contributed by atoms with Crippen molar-refractivity contribution >= 4 is 11.5 Å². The van der Waals surface area contributed by atoms with E-state index < -0.39 is 0 Å². The average molecular weight is 399 g/mol. The van der Waals surface area contributed by atoms with E-state index in [0.717, 1.165) is 22.3 Å². The normalized spacial score (nSPS) is 16.6. The number of benzene rings is 2. The third-order valence-corrected chi connectivity index (χ3v) is 5.66. The van der Waals surface area contributed by atoms with Crippen LogP contribution in [0.1, 0.15) is 53.6 Å². The maximum Gasteiger partial charge on any atom is 0.290 e. The number of nitrogens with zero attached hydrogens (tertiary/aromatic N) is 2. The number of aryl methyl sites for hydroxylation is 1. The molecule has 0 bridgehead atoms. The van der Waals surface area contributed by atoms with Crippen molar-refractivity contribution in [3.8, 4) is 0 Å². The van der Waals surface area contributed by atoms with Crippen LogP contribution in [-0.4, -0.2) is 20.9 Å². The van der Waals surface area contributed by atoms with Crippen molar-refractivity contribution in [2.45, 2.75) is 39.3 Å². The zero-order chi connectivity index (χ0) is 21.3. The zero-order valence-electron chi connectivity index (χ0n) is 17.5. The van der Waals surface area contributed by atoms with Gasteiger partial charge in [0.1, 0.15) is 0 Å². The average Bonchev–Trinajstić information content (AvgIpc) is 3.00. The summed E-state index contributed by atoms with van der Waals surface area (Å²) in [6.45, 7) is 6.72. The molecule has 1 amide bonds. The van der Waals surface area contributed by atoms with Gasteiger partial charge in [-0.2, -0.15) is 0 Å². The van der Waals surface area contributed by atoms with Crippen LogP contribution in [0.2, 0.25) is 0 Å². The number of hydrogen-bond donors (Lipinski definition) is 1. The van der Waals surface area contributed by atoms with Gasteiger partial charge in [-0.25, -0.2) is 0 Å². The molecule has 1 atom stereocenters. The van der Waals surface area contributed by atoms with E-state index in [1.54, 1.807) is 17.3 Å². The van der Waals surface area contributed by atoms with E-state index >= 15 is 0 Å². The first-order valence-electron chi connectivity index (χ1n) is 10.3. The number of carbonyl (C=O) groups is 1. The first-order chi connectivity index (χ1) is 14.5. The van der Waals surface area contributed by atoms with Crippen molar-refractivity contribution in [2.75, 3.05) is 0 Å². The maximum atomic E-state index is 13.1. The van der Waals surface area contributed by atoms with E-state index in [0.29, 0.717) is 18.0 Å². The molecule has 0 saturated carbocycles. The zero-order valence-corrected chi connectivity index (χ0v) is 17.5. The first-order valence-corrected chi connectivity index (χ1v) is 10.3. The maximum absolute atomic E-state index is 13.1. The fraction of sp³-hybridized carbons (Fsp3) is 0.231. The van der Waals surface area contributed by atoms with E-state index in [2.05, 4.69) is 43.1 Å². The first kappa shape index (κ1) is 19.9. The van der Waals surface area contributed by atoms with E-state index in [-0.39, 0.29) is 17.7 Å².